The Morgan fingerprint density at radius 2 is 1.90 bits per heavy atom. The third-order valence-corrected chi connectivity index (χ3v) is 3.54. The van der Waals surface area contributed by atoms with Crippen LogP contribution in [0.5, 0.6) is 0 Å². The maximum Gasteiger partial charge on any atom is 0.253 e. The quantitative estimate of drug-likeness (QED) is 0.875. The molecule has 1 aromatic carbocycles. The van der Waals surface area contributed by atoms with Crippen molar-refractivity contribution in [1.29, 1.82) is 0 Å². The molecule has 2 amide bonds. The molecular formula is C15H20N2O3. The molecule has 5 heteroatoms. The minimum atomic E-state index is -0.194. The highest BCUT2D eigenvalue weighted by atomic mass is 16.3. The van der Waals surface area contributed by atoms with Crippen LogP contribution in [-0.2, 0) is 4.79 Å². The molecular weight excluding hydrogens is 256 g/mol. The molecule has 20 heavy (non-hydrogen) atoms. The summed E-state index contributed by atoms with van der Waals surface area (Å²) in [6.45, 7) is 2.11. The number of carbonyl (C=O) groups is 2. The zero-order chi connectivity index (χ0) is 14.7. The lowest BCUT2D eigenvalue weighted by atomic mass is 9.82. The van der Waals surface area contributed by atoms with Crippen molar-refractivity contribution in [2.24, 2.45) is 5.92 Å². The second-order valence-corrected chi connectivity index (χ2v) is 5.44. The molecule has 0 radical (unpaired) electrons. The van der Waals surface area contributed by atoms with Gasteiger partial charge in [-0.2, -0.15) is 0 Å². The molecule has 0 atom stereocenters. The SMILES string of the molecule is CC(=O)Nc1ccc(C(=O)N(C)CC2CC(O)C2)cc1. The molecule has 0 unspecified atom stereocenters. The van der Waals surface area contributed by atoms with Crippen LogP contribution in [0.25, 0.3) is 0 Å². The highest BCUT2D eigenvalue weighted by Gasteiger charge is 2.29. The Labute approximate surface area is 118 Å². The maximum atomic E-state index is 12.2. The fourth-order valence-electron chi connectivity index (χ4n) is 2.44. The molecule has 1 aliphatic rings. The van der Waals surface area contributed by atoms with E-state index in [4.69, 9.17) is 0 Å². The third-order valence-electron chi connectivity index (χ3n) is 3.54. The van der Waals surface area contributed by atoms with E-state index in [0.717, 1.165) is 12.8 Å². The van der Waals surface area contributed by atoms with Gasteiger partial charge >= 0.3 is 0 Å². The van der Waals surface area contributed by atoms with E-state index in [0.29, 0.717) is 23.7 Å². The number of hydrogen-bond acceptors (Lipinski definition) is 3. The summed E-state index contributed by atoms with van der Waals surface area (Å²) in [7, 11) is 1.77. The monoisotopic (exact) mass is 276 g/mol. The van der Waals surface area contributed by atoms with Crippen molar-refractivity contribution >= 4 is 17.5 Å². The van der Waals surface area contributed by atoms with Crippen LogP contribution in [0, 0.1) is 5.92 Å². The van der Waals surface area contributed by atoms with Gasteiger partial charge in [0.25, 0.3) is 5.91 Å². The normalized spacial score (nSPS) is 20.9. The van der Waals surface area contributed by atoms with Crippen molar-refractivity contribution in [3.8, 4) is 0 Å². The summed E-state index contributed by atoms with van der Waals surface area (Å²) in [5.74, 6) is 0.225. The van der Waals surface area contributed by atoms with E-state index in [-0.39, 0.29) is 17.9 Å². The number of nitrogens with zero attached hydrogens (tertiary/aromatic N) is 1. The van der Waals surface area contributed by atoms with Crippen LogP contribution in [-0.4, -0.2) is 41.5 Å². The molecule has 108 valence electrons. The van der Waals surface area contributed by atoms with E-state index in [1.165, 1.54) is 6.92 Å². The second kappa shape index (κ2) is 6.05. The first-order valence-corrected chi connectivity index (χ1v) is 6.77. The number of nitrogens with one attached hydrogen (secondary N) is 1. The Morgan fingerprint density at radius 3 is 2.40 bits per heavy atom. The molecule has 0 aromatic heterocycles. The Bertz CT molecular complexity index is 492. The molecule has 0 saturated heterocycles. The number of rotatable bonds is 4. The number of aliphatic hydroxyl groups excluding tert-OH is 1. The second-order valence-electron chi connectivity index (χ2n) is 5.44. The van der Waals surface area contributed by atoms with E-state index >= 15 is 0 Å². The van der Waals surface area contributed by atoms with Crippen molar-refractivity contribution in [3.63, 3.8) is 0 Å². The van der Waals surface area contributed by atoms with Gasteiger partial charge in [0.2, 0.25) is 5.91 Å². The molecule has 1 saturated carbocycles. The van der Waals surface area contributed by atoms with Crippen molar-refractivity contribution < 1.29 is 14.7 Å². The number of hydrogen-bond donors (Lipinski definition) is 2. The Hall–Kier alpha value is -1.88. The van der Waals surface area contributed by atoms with Crippen LogP contribution in [0.15, 0.2) is 24.3 Å². The molecule has 0 spiro atoms. The van der Waals surface area contributed by atoms with Crippen LogP contribution in [0.1, 0.15) is 30.1 Å². The molecule has 2 N–H and O–H groups in total. The van der Waals surface area contributed by atoms with Crippen LogP contribution in [0.3, 0.4) is 0 Å². The lowest BCUT2D eigenvalue weighted by Crippen LogP contribution is -2.39. The fourth-order valence-corrected chi connectivity index (χ4v) is 2.44. The van der Waals surface area contributed by atoms with Crippen LogP contribution >= 0.6 is 0 Å². The van der Waals surface area contributed by atoms with Gasteiger partial charge in [0, 0.05) is 31.8 Å². The van der Waals surface area contributed by atoms with Crippen molar-refractivity contribution in [1.82, 2.24) is 4.90 Å². The zero-order valence-electron chi connectivity index (χ0n) is 11.8. The Morgan fingerprint density at radius 1 is 1.30 bits per heavy atom. The maximum absolute atomic E-state index is 12.2. The van der Waals surface area contributed by atoms with Gasteiger partial charge in [0.1, 0.15) is 0 Å². The summed E-state index contributed by atoms with van der Waals surface area (Å²) in [5, 5.41) is 11.9. The van der Waals surface area contributed by atoms with Gasteiger partial charge in [-0.05, 0) is 43.0 Å². The van der Waals surface area contributed by atoms with E-state index in [9.17, 15) is 14.7 Å². The molecule has 1 aromatic rings. The van der Waals surface area contributed by atoms with Gasteiger partial charge in [0.05, 0.1) is 6.10 Å². The summed E-state index contributed by atoms with van der Waals surface area (Å²) in [6.07, 6.45) is 1.36. The minimum absolute atomic E-state index is 0.0410. The van der Waals surface area contributed by atoms with Crippen molar-refractivity contribution in [2.75, 3.05) is 18.9 Å². The van der Waals surface area contributed by atoms with Crippen molar-refractivity contribution in [3.05, 3.63) is 29.8 Å². The first kappa shape index (κ1) is 14.5. The van der Waals surface area contributed by atoms with Gasteiger partial charge in [0.15, 0.2) is 0 Å². The van der Waals surface area contributed by atoms with Gasteiger partial charge in [-0.15, -0.1) is 0 Å². The first-order valence-electron chi connectivity index (χ1n) is 6.77. The topological polar surface area (TPSA) is 69.6 Å². The third kappa shape index (κ3) is 3.57. The molecule has 2 rings (SSSR count). The van der Waals surface area contributed by atoms with E-state index in [1.54, 1.807) is 36.2 Å². The molecule has 0 heterocycles. The van der Waals surface area contributed by atoms with Crippen LogP contribution < -0.4 is 5.32 Å². The molecule has 1 fully saturated rings. The number of aliphatic hydroxyl groups is 1. The molecule has 5 nitrogen and oxygen atoms in total. The number of carbonyl (C=O) groups excluding carboxylic acids is 2. The van der Waals surface area contributed by atoms with Crippen molar-refractivity contribution in [2.45, 2.75) is 25.9 Å². The zero-order valence-corrected chi connectivity index (χ0v) is 11.8. The van der Waals surface area contributed by atoms with Crippen LogP contribution in [0.2, 0.25) is 0 Å². The average Bonchev–Trinajstić information content (AvgIpc) is 2.36. The summed E-state index contributed by atoms with van der Waals surface area (Å²) < 4.78 is 0. The standard InChI is InChI=1S/C15H20N2O3/c1-10(18)16-13-5-3-12(4-6-13)15(20)17(2)9-11-7-14(19)8-11/h3-6,11,14,19H,7-9H2,1-2H3,(H,16,18). The largest absolute Gasteiger partial charge is 0.393 e. The highest BCUT2D eigenvalue weighted by Crippen LogP contribution is 2.27. The Balaban J connectivity index is 1.92. The summed E-state index contributed by atoms with van der Waals surface area (Å²) >= 11 is 0. The molecule has 1 aliphatic carbocycles. The Kier molecular flexibility index (Phi) is 4.39. The van der Waals surface area contributed by atoms with Gasteiger partial charge in [-0.25, -0.2) is 0 Å². The average molecular weight is 276 g/mol. The van der Waals surface area contributed by atoms with E-state index in [1.807, 2.05) is 0 Å². The smallest absolute Gasteiger partial charge is 0.253 e. The van der Waals surface area contributed by atoms with E-state index in [2.05, 4.69) is 5.32 Å². The predicted molar refractivity (Wildman–Crippen MR) is 76.4 cm³/mol. The van der Waals surface area contributed by atoms with Gasteiger partial charge in [-0.1, -0.05) is 0 Å². The van der Waals surface area contributed by atoms with Gasteiger partial charge in [-0.3, -0.25) is 9.59 Å². The lowest BCUT2D eigenvalue weighted by molar-refractivity contribution is -0.114. The minimum Gasteiger partial charge on any atom is -0.393 e. The van der Waals surface area contributed by atoms with Crippen LogP contribution in [0.4, 0.5) is 5.69 Å². The summed E-state index contributed by atoms with van der Waals surface area (Å²) in [6, 6.07) is 6.85. The number of anilines is 1. The van der Waals surface area contributed by atoms with Gasteiger partial charge < -0.3 is 15.3 Å². The highest BCUT2D eigenvalue weighted by molar-refractivity contribution is 5.95. The molecule has 0 bridgehead atoms. The number of benzene rings is 1. The first-order chi connectivity index (χ1) is 9.45. The summed E-state index contributed by atoms with van der Waals surface area (Å²) in [5.41, 5.74) is 1.28. The fraction of sp³-hybridized carbons (Fsp3) is 0.467. The molecule has 0 aliphatic heterocycles. The van der Waals surface area contributed by atoms with E-state index < -0.39 is 0 Å². The lowest BCUT2D eigenvalue weighted by Gasteiger charge is -2.34. The number of amides is 2. The predicted octanol–water partition coefficient (Wildman–Crippen LogP) is 1.49. The summed E-state index contributed by atoms with van der Waals surface area (Å²) in [4.78, 5) is 24.8.